The maximum absolute atomic E-state index is 11.6. The van der Waals surface area contributed by atoms with Crippen molar-refractivity contribution in [2.24, 2.45) is 0 Å². The molecule has 6 N–H and O–H groups in total. The van der Waals surface area contributed by atoms with Crippen molar-refractivity contribution in [1.29, 1.82) is 0 Å². The van der Waals surface area contributed by atoms with E-state index in [9.17, 15) is 19.2 Å². The highest BCUT2D eigenvalue weighted by Gasteiger charge is 2.29. The smallest absolute Gasteiger partial charge is 0.328 e. The number of carbonyl (C=O) groups is 4. The van der Waals surface area contributed by atoms with Gasteiger partial charge in [-0.15, -0.1) is 0 Å². The van der Waals surface area contributed by atoms with E-state index in [1.54, 1.807) is 0 Å². The Hall–Kier alpha value is -2.52. The van der Waals surface area contributed by atoms with Crippen molar-refractivity contribution in [2.45, 2.75) is 64.5 Å². The van der Waals surface area contributed by atoms with Crippen LogP contribution in [0.2, 0.25) is 0 Å². The Balaban J connectivity index is 3.71. The van der Waals surface area contributed by atoms with Gasteiger partial charge in [0.25, 0.3) is 0 Å². The molecule has 0 aliphatic heterocycles. The molecule has 0 saturated carbocycles. The summed E-state index contributed by atoms with van der Waals surface area (Å²) in [5, 5.41) is 27.7. The van der Waals surface area contributed by atoms with Crippen LogP contribution in [0.1, 0.15) is 53.4 Å². The minimum Gasteiger partial charge on any atom is -0.480 e. The minimum atomic E-state index is -1.33. The van der Waals surface area contributed by atoms with Crippen LogP contribution < -0.4 is 21.3 Å². The molecule has 26 heavy (non-hydrogen) atoms. The lowest BCUT2D eigenvalue weighted by molar-refractivity contribution is -0.143. The van der Waals surface area contributed by atoms with Gasteiger partial charge in [-0.25, -0.2) is 19.2 Å². The Kier molecular flexibility index (Phi) is 9.45. The Morgan fingerprint density at radius 3 is 1.23 bits per heavy atom. The van der Waals surface area contributed by atoms with Gasteiger partial charge in [0.1, 0.15) is 11.1 Å². The molecule has 0 bridgehead atoms. The molecule has 0 atom stereocenters. The average molecular weight is 374 g/mol. The molecule has 0 aromatic carbocycles. The number of carboxylic acid groups (broad SMARTS) is 2. The molecule has 10 nitrogen and oxygen atoms in total. The monoisotopic (exact) mass is 374 g/mol. The fourth-order valence-corrected chi connectivity index (χ4v) is 1.77. The topological polar surface area (TPSA) is 157 Å². The maximum atomic E-state index is 11.6. The lowest BCUT2D eigenvalue weighted by atomic mass is 10.1. The van der Waals surface area contributed by atoms with Crippen LogP contribution in [0.15, 0.2) is 0 Å². The van der Waals surface area contributed by atoms with Gasteiger partial charge in [0, 0.05) is 13.1 Å². The third-order valence-corrected chi connectivity index (χ3v) is 3.60. The van der Waals surface area contributed by atoms with Crippen molar-refractivity contribution < 1.29 is 29.4 Å². The van der Waals surface area contributed by atoms with Crippen LogP contribution in [0.3, 0.4) is 0 Å². The van der Waals surface area contributed by atoms with E-state index in [1.165, 1.54) is 27.7 Å². The van der Waals surface area contributed by atoms with Gasteiger partial charge in [0.15, 0.2) is 0 Å². The van der Waals surface area contributed by atoms with Gasteiger partial charge in [-0.05, 0) is 40.5 Å². The van der Waals surface area contributed by atoms with E-state index >= 15 is 0 Å². The third-order valence-electron chi connectivity index (χ3n) is 3.60. The van der Waals surface area contributed by atoms with Gasteiger partial charge < -0.3 is 31.5 Å². The molecule has 0 unspecified atom stereocenters. The van der Waals surface area contributed by atoms with Crippen LogP contribution in [0.4, 0.5) is 9.59 Å². The predicted octanol–water partition coefficient (Wildman–Crippen LogP) is 0.872. The van der Waals surface area contributed by atoms with E-state index in [0.717, 1.165) is 25.7 Å². The summed E-state index contributed by atoms with van der Waals surface area (Å²) in [7, 11) is 0. The number of hydrogen-bond acceptors (Lipinski definition) is 4. The van der Waals surface area contributed by atoms with Crippen LogP contribution in [-0.2, 0) is 9.59 Å². The predicted molar refractivity (Wildman–Crippen MR) is 95.0 cm³/mol. The van der Waals surface area contributed by atoms with Gasteiger partial charge in [-0.3, -0.25) is 0 Å². The molecule has 0 aromatic rings. The fraction of sp³-hybridized carbons (Fsp3) is 0.750. The molecule has 0 radical (unpaired) electrons. The lowest BCUT2D eigenvalue weighted by Crippen LogP contribution is -2.53. The van der Waals surface area contributed by atoms with Gasteiger partial charge >= 0.3 is 24.0 Å². The number of rotatable bonds is 11. The zero-order valence-corrected chi connectivity index (χ0v) is 15.8. The quantitative estimate of drug-likeness (QED) is 0.295. The molecule has 4 amide bonds. The zero-order valence-electron chi connectivity index (χ0n) is 15.8. The molecule has 150 valence electrons. The second-order valence-corrected chi connectivity index (χ2v) is 7.04. The molecule has 0 rings (SSSR count). The fourth-order valence-electron chi connectivity index (χ4n) is 1.77. The molecule has 10 heteroatoms. The molecular formula is C16H30N4O6. The summed E-state index contributed by atoms with van der Waals surface area (Å²) in [5.41, 5.74) is -2.66. The third kappa shape index (κ3) is 9.70. The number of carboxylic acids is 2. The number of urea groups is 2. The van der Waals surface area contributed by atoms with Gasteiger partial charge in [0.2, 0.25) is 0 Å². The average Bonchev–Trinajstić information content (AvgIpc) is 2.48. The van der Waals surface area contributed by atoms with E-state index in [1.807, 2.05) is 0 Å². The van der Waals surface area contributed by atoms with Gasteiger partial charge in [0.05, 0.1) is 0 Å². The van der Waals surface area contributed by atoms with E-state index in [4.69, 9.17) is 10.2 Å². The molecule has 0 heterocycles. The van der Waals surface area contributed by atoms with Crippen molar-refractivity contribution in [3.63, 3.8) is 0 Å². The largest absolute Gasteiger partial charge is 0.480 e. The molecule has 0 spiro atoms. The number of unbranched alkanes of at least 4 members (excludes halogenated alkanes) is 3. The highest BCUT2D eigenvalue weighted by atomic mass is 16.4. The van der Waals surface area contributed by atoms with Crippen LogP contribution in [0.5, 0.6) is 0 Å². The number of aliphatic carboxylic acids is 2. The van der Waals surface area contributed by atoms with Gasteiger partial charge in [-0.2, -0.15) is 0 Å². The number of carbonyl (C=O) groups excluding carboxylic acids is 2. The first-order chi connectivity index (χ1) is 11.9. The minimum absolute atomic E-state index is 0.419. The van der Waals surface area contributed by atoms with E-state index in [-0.39, 0.29) is 0 Å². The summed E-state index contributed by atoms with van der Waals surface area (Å²) in [5.74, 6) is -2.23. The van der Waals surface area contributed by atoms with Crippen LogP contribution in [-0.4, -0.2) is 58.4 Å². The summed E-state index contributed by atoms with van der Waals surface area (Å²) in [6, 6.07) is -1.06. The first kappa shape index (κ1) is 23.5. The molecule has 0 fully saturated rings. The van der Waals surface area contributed by atoms with E-state index in [0.29, 0.717) is 13.1 Å². The number of nitrogens with one attached hydrogen (secondary N) is 4. The highest BCUT2D eigenvalue weighted by molar-refractivity contribution is 5.86. The summed E-state index contributed by atoms with van der Waals surface area (Å²) in [6.07, 6.45) is 3.09. The second kappa shape index (κ2) is 10.5. The number of hydrogen-bond donors (Lipinski definition) is 6. The van der Waals surface area contributed by atoms with Crippen molar-refractivity contribution in [3.8, 4) is 0 Å². The van der Waals surface area contributed by atoms with Crippen LogP contribution in [0, 0.1) is 0 Å². The molecule has 0 aliphatic carbocycles. The maximum Gasteiger partial charge on any atom is 0.328 e. The Morgan fingerprint density at radius 1 is 0.654 bits per heavy atom. The van der Waals surface area contributed by atoms with Crippen molar-refractivity contribution in [1.82, 2.24) is 21.3 Å². The molecule has 0 saturated heterocycles. The first-order valence-corrected chi connectivity index (χ1v) is 8.47. The summed E-state index contributed by atoms with van der Waals surface area (Å²) in [4.78, 5) is 44.9. The lowest BCUT2D eigenvalue weighted by Gasteiger charge is -2.21. The van der Waals surface area contributed by atoms with Crippen molar-refractivity contribution in [2.75, 3.05) is 13.1 Å². The molecule has 0 aromatic heterocycles. The number of amides is 4. The van der Waals surface area contributed by atoms with Crippen molar-refractivity contribution >= 4 is 24.0 Å². The first-order valence-electron chi connectivity index (χ1n) is 8.47. The summed E-state index contributed by atoms with van der Waals surface area (Å²) >= 11 is 0. The van der Waals surface area contributed by atoms with Crippen molar-refractivity contribution in [3.05, 3.63) is 0 Å². The highest BCUT2D eigenvalue weighted by Crippen LogP contribution is 2.02. The van der Waals surface area contributed by atoms with E-state index in [2.05, 4.69) is 21.3 Å². The Morgan fingerprint density at radius 2 is 0.962 bits per heavy atom. The van der Waals surface area contributed by atoms with Gasteiger partial charge in [-0.1, -0.05) is 12.8 Å². The van der Waals surface area contributed by atoms with Crippen LogP contribution in [0.25, 0.3) is 0 Å². The Bertz CT molecular complexity index is 473. The zero-order chi connectivity index (χ0) is 20.4. The Labute approximate surface area is 153 Å². The van der Waals surface area contributed by atoms with Crippen LogP contribution >= 0.6 is 0 Å². The summed E-state index contributed by atoms with van der Waals surface area (Å²) < 4.78 is 0. The summed E-state index contributed by atoms with van der Waals surface area (Å²) in [6.45, 7) is 6.43. The molecular weight excluding hydrogens is 344 g/mol. The molecule has 0 aliphatic rings. The second-order valence-electron chi connectivity index (χ2n) is 7.04. The van der Waals surface area contributed by atoms with E-state index < -0.39 is 35.1 Å². The standard InChI is InChI=1S/C16H30N4O6/c1-15(2,11(21)22)19-13(25)17-9-7-5-6-8-10-18-14(26)20-16(3,4)12(23)24/h5-10H2,1-4H3,(H,21,22)(H,23,24)(H2,17,19,25)(H2,18,20,26). The SMILES string of the molecule is CC(C)(NC(=O)NCCCCCCNC(=O)NC(C)(C)C(=O)O)C(=O)O. The normalized spacial score (nSPS) is 11.4.